The van der Waals surface area contributed by atoms with E-state index in [1.165, 1.54) is 10.4 Å². The van der Waals surface area contributed by atoms with Crippen LogP contribution >= 0.6 is 0 Å². The van der Waals surface area contributed by atoms with Gasteiger partial charge in [-0.1, -0.05) is 48.5 Å². The summed E-state index contributed by atoms with van der Waals surface area (Å²) in [5.74, 6) is 0. The third-order valence-electron chi connectivity index (χ3n) is 3.71. The van der Waals surface area contributed by atoms with Crippen LogP contribution in [0.1, 0.15) is 11.1 Å². The van der Waals surface area contributed by atoms with Gasteiger partial charge < -0.3 is 0 Å². The number of aryl methyl sites for hydroxylation is 1. The Labute approximate surface area is 149 Å². The Morgan fingerprint density at radius 3 is 2.12 bits per heavy atom. The Morgan fingerprint density at radius 2 is 1.52 bits per heavy atom. The van der Waals surface area contributed by atoms with Crippen molar-refractivity contribution in [3.8, 4) is 0 Å². The lowest BCUT2D eigenvalue weighted by molar-refractivity contribution is 0.412. The van der Waals surface area contributed by atoms with E-state index in [2.05, 4.69) is 4.72 Å². The molecular formula is C17H22N2O4S2. The van der Waals surface area contributed by atoms with Crippen molar-refractivity contribution < 1.29 is 16.8 Å². The average Bonchev–Trinajstić information content (AvgIpc) is 2.54. The Morgan fingerprint density at radius 1 is 0.920 bits per heavy atom. The van der Waals surface area contributed by atoms with Gasteiger partial charge in [0.05, 0.1) is 11.2 Å². The lowest BCUT2D eigenvalue weighted by atomic mass is 10.2. The molecule has 6 nitrogen and oxygen atoms in total. The molecule has 0 heterocycles. The van der Waals surface area contributed by atoms with Crippen LogP contribution in [0, 0.1) is 6.92 Å². The summed E-state index contributed by atoms with van der Waals surface area (Å²) in [5, 5.41) is 0. The highest BCUT2D eigenvalue weighted by atomic mass is 32.2. The van der Waals surface area contributed by atoms with E-state index in [-0.39, 0.29) is 24.5 Å². The number of hydrogen-bond donors (Lipinski definition) is 1. The summed E-state index contributed by atoms with van der Waals surface area (Å²) in [6.07, 6.45) is 1.12. The Kier molecular flexibility index (Phi) is 6.34. The fraction of sp³-hybridized carbons (Fsp3) is 0.294. The smallest absolute Gasteiger partial charge is 0.212 e. The zero-order chi connectivity index (χ0) is 18.5. The third-order valence-corrected chi connectivity index (χ3v) is 6.58. The number of hydrogen-bond acceptors (Lipinski definition) is 4. The molecule has 0 amide bonds. The van der Waals surface area contributed by atoms with Crippen LogP contribution in [0.4, 0.5) is 0 Å². The van der Waals surface area contributed by atoms with Gasteiger partial charge in [0.15, 0.2) is 0 Å². The molecule has 0 saturated carbocycles. The minimum atomic E-state index is -3.68. The summed E-state index contributed by atoms with van der Waals surface area (Å²) >= 11 is 0. The number of sulfonamides is 2. The fourth-order valence-electron chi connectivity index (χ4n) is 2.39. The predicted octanol–water partition coefficient (Wildman–Crippen LogP) is 1.74. The van der Waals surface area contributed by atoms with Crippen molar-refractivity contribution in [2.75, 3.05) is 19.3 Å². The van der Waals surface area contributed by atoms with E-state index in [1.807, 2.05) is 30.3 Å². The standard InChI is InChI=1S/C17H22N2O4S2/c1-15-8-6-7-11-17(15)25(22,23)18-12-13-19(24(2,20)21)14-16-9-4-3-5-10-16/h3-11,18H,12-14H2,1-2H3. The Bertz CT molecular complexity index is 911. The van der Waals surface area contributed by atoms with Gasteiger partial charge in [-0.2, -0.15) is 4.31 Å². The second kappa shape index (κ2) is 8.09. The second-order valence-corrected chi connectivity index (χ2v) is 9.46. The summed E-state index contributed by atoms with van der Waals surface area (Å²) in [4.78, 5) is 0.198. The Balaban J connectivity index is 2.05. The molecule has 136 valence electrons. The quantitative estimate of drug-likeness (QED) is 0.754. The largest absolute Gasteiger partial charge is 0.240 e. The van der Waals surface area contributed by atoms with Gasteiger partial charge in [0.2, 0.25) is 20.0 Å². The van der Waals surface area contributed by atoms with Crippen LogP contribution in [0.15, 0.2) is 59.5 Å². The van der Waals surface area contributed by atoms with Gasteiger partial charge in [0, 0.05) is 19.6 Å². The minimum Gasteiger partial charge on any atom is -0.212 e. The summed E-state index contributed by atoms with van der Waals surface area (Å²) in [7, 11) is -7.13. The van der Waals surface area contributed by atoms with Crippen LogP contribution in [0.5, 0.6) is 0 Å². The van der Waals surface area contributed by atoms with E-state index < -0.39 is 20.0 Å². The van der Waals surface area contributed by atoms with Crippen molar-refractivity contribution in [1.29, 1.82) is 0 Å². The molecule has 8 heteroatoms. The molecular weight excluding hydrogens is 360 g/mol. The number of benzene rings is 2. The molecule has 2 aromatic rings. The normalized spacial score (nSPS) is 12.4. The van der Waals surface area contributed by atoms with Crippen LogP contribution in [0.3, 0.4) is 0 Å². The zero-order valence-corrected chi connectivity index (χ0v) is 15.8. The van der Waals surface area contributed by atoms with Gasteiger partial charge in [-0.3, -0.25) is 0 Å². The molecule has 1 N–H and O–H groups in total. The van der Waals surface area contributed by atoms with E-state index in [0.29, 0.717) is 5.56 Å². The van der Waals surface area contributed by atoms with Crippen molar-refractivity contribution in [3.63, 3.8) is 0 Å². The summed E-state index contributed by atoms with van der Waals surface area (Å²) in [6, 6.07) is 15.8. The van der Waals surface area contributed by atoms with E-state index in [4.69, 9.17) is 0 Å². The second-order valence-electron chi connectivity index (χ2n) is 5.75. The maximum absolute atomic E-state index is 12.4. The average molecular weight is 383 g/mol. The molecule has 0 radical (unpaired) electrons. The molecule has 0 aliphatic heterocycles. The zero-order valence-electron chi connectivity index (χ0n) is 14.2. The first-order valence-electron chi connectivity index (χ1n) is 7.74. The van der Waals surface area contributed by atoms with Crippen LogP contribution in [0.25, 0.3) is 0 Å². The number of nitrogens with one attached hydrogen (secondary N) is 1. The maximum Gasteiger partial charge on any atom is 0.240 e. The van der Waals surface area contributed by atoms with Gasteiger partial charge in [-0.15, -0.1) is 0 Å². The SMILES string of the molecule is Cc1ccccc1S(=O)(=O)NCCN(Cc1ccccc1)S(C)(=O)=O. The molecule has 0 spiro atoms. The molecule has 0 fully saturated rings. The molecule has 0 unspecified atom stereocenters. The number of rotatable bonds is 8. The van der Waals surface area contributed by atoms with Crippen LogP contribution < -0.4 is 4.72 Å². The highest BCUT2D eigenvalue weighted by molar-refractivity contribution is 7.89. The maximum atomic E-state index is 12.4. The first-order chi connectivity index (χ1) is 11.7. The Hall–Kier alpha value is -1.74. The van der Waals surface area contributed by atoms with Crippen molar-refractivity contribution in [2.45, 2.75) is 18.4 Å². The predicted molar refractivity (Wildman–Crippen MR) is 98.1 cm³/mol. The summed E-state index contributed by atoms with van der Waals surface area (Å²) in [6.45, 7) is 1.97. The highest BCUT2D eigenvalue weighted by Gasteiger charge is 2.20. The van der Waals surface area contributed by atoms with Crippen molar-refractivity contribution in [2.24, 2.45) is 0 Å². The molecule has 0 aliphatic carbocycles. The summed E-state index contributed by atoms with van der Waals surface area (Å²) < 4.78 is 52.4. The lowest BCUT2D eigenvalue weighted by Crippen LogP contribution is -2.37. The van der Waals surface area contributed by atoms with Crippen LogP contribution in [-0.2, 0) is 26.6 Å². The minimum absolute atomic E-state index is 0.00340. The van der Waals surface area contributed by atoms with Gasteiger partial charge in [-0.05, 0) is 24.1 Å². The first-order valence-corrected chi connectivity index (χ1v) is 11.1. The molecule has 0 atom stereocenters. The van der Waals surface area contributed by atoms with Crippen LogP contribution in [-0.4, -0.2) is 40.5 Å². The van der Waals surface area contributed by atoms with Gasteiger partial charge >= 0.3 is 0 Å². The third kappa shape index (κ3) is 5.64. The fourth-order valence-corrected chi connectivity index (χ4v) is 4.46. The molecule has 0 aromatic heterocycles. The molecule has 0 saturated heterocycles. The monoisotopic (exact) mass is 382 g/mol. The van der Waals surface area contributed by atoms with Crippen molar-refractivity contribution in [3.05, 3.63) is 65.7 Å². The van der Waals surface area contributed by atoms with Gasteiger partial charge in [0.1, 0.15) is 0 Å². The molecule has 0 aliphatic rings. The molecule has 25 heavy (non-hydrogen) atoms. The van der Waals surface area contributed by atoms with Crippen molar-refractivity contribution >= 4 is 20.0 Å². The molecule has 2 aromatic carbocycles. The van der Waals surface area contributed by atoms with E-state index in [9.17, 15) is 16.8 Å². The van der Waals surface area contributed by atoms with E-state index >= 15 is 0 Å². The van der Waals surface area contributed by atoms with E-state index in [1.54, 1.807) is 25.1 Å². The highest BCUT2D eigenvalue weighted by Crippen LogP contribution is 2.14. The lowest BCUT2D eigenvalue weighted by Gasteiger charge is -2.20. The van der Waals surface area contributed by atoms with E-state index in [0.717, 1.165) is 11.8 Å². The number of nitrogens with zero attached hydrogens (tertiary/aromatic N) is 1. The summed E-state index contributed by atoms with van der Waals surface area (Å²) in [5.41, 5.74) is 1.48. The van der Waals surface area contributed by atoms with Gasteiger partial charge in [0.25, 0.3) is 0 Å². The van der Waals surface area contributed by atoms with Crippen LogP contribution in [0.2, 0.25) is 0 Å². The topological polar surface area (TPSA) is 83.6 Å². The first kappa shape index (κ1) is 19.6. The van der Waals surface area contributed by atoms with Gasteiger partial charge in [-0.25, -0.2) is 21.6 Å². The van der Waals surface area contributed by atoms with Crippen molar-refractivity contribution in [1.82, 2.24) is 9.03 Å². The molecule has 2 rings (SSSR count). The molecule has 0 bridgehead atoms.